The van der Waals surface area contributed by atoms with Gasteiger partial charge in [-0.05, 0) is 11.5 Å². The molecule has 7 heteroatoms. The van der Waals surface area contributed by atoms with Crippen LogP contribution in [0.4, 0.5) is 5.82 Å². The van der Waals surface area contributed by atoms with Gasteiger partial charge in [0.1, 0.15) is 0 Å². The van der Waals surface area contributed by atoms with Gasteiger partial charge in [0.2, 0.25) is 0 Å². The van der Waals surface area contributed by atoms with Gasteiger partial charge in [-0.15, -0.1) is 5.10 Å². The van der Waals surface area contributed by atoms with E-state index in [2.05, 4.69) is 14.3 Å². The Morgan fingerprint density at radius 2 is 2.67 bits per heavy atom. The highest BCUT2D eigenvalue weighted by molar-refractivity contribution is 7.80. The van der Waals surface area contributed by atoms with E-state index >= 15 is 0 Å². The second-order valence-electron chi connectivity index (χ2n) is 1.14. The molecule has 50 valence electrons. The van der Waals surface area contributed by atoms with Gasteiger partial charge in [-0.2, -0.15) is 0 Å². The van der Waals surface area contributed by atoms with Crippen LogP contribution < -0.4 is 4.72 Å². The van der Waals surface area contributed by atoms with E-state index in [0.717, 1.165) is 11.5 Å². The molecule has 0 fully saturated rings. The maximum absolute atomic E-state index is 10.0. The molecule has 0 aliphatic rings. The van der Waals surface area contributed by atoms with Crippen LogP contribution in [0, 0.1) is 0 Å². The lowest BCUT2D eigenvalue weighted by atomic mass is 10.9. The highest BCUT2D eigenvalue weighted by Crippen LogP contribution is 2.02. The molecule has 1 heterocycles. The number of aromatic nitrogens is 2. The topological polar surface area (TPSA) is 75.1 Å². The fraction of sp³-hybridized carbons (Fsp3) is 0. The Hall–Kier alpha value is -0.530. The zero-order valence-electron chi connectivity index (χ0n) is 4.14. The first-order valence-electron chi connectivity index (χ1n) is 1.93. The Kier molecular flexibility index (Phi) is 2.09. The molecule has 1 rings (SSSR count). The molecule has 1 unspecified atom stereocenters. The molecule has 0 bridgehead atoms. The summed E-state index contributed by atoms with van der Waals surface area (Å²) in [6, 6.07) is 0. The van der Waals surface area contributed by atoms with Gasteiger partial charge in [0.15, 0.2) is 5.82 Å². The Balaban J connectivity index is 2.58. The molecular formula is C2H3N3O2S2. The van der Waals surface area contributed by atoms with Crippen LogP contribution in [-0.4, -0.2) is 18.3 Å². The quantitative estimate of drug-likeness (QED) is 0.609. The number of hydrogen-bond donors (Lipinski definition) is 2. The lowest BCUT2D eigenvalue weighted by molar-refractivity contribution is 0.570. The van der Waals surface area contributed by atoms with Crippen molar-refractivity contribution in [2.24, 2.45) is 0 Å². The van der Waals surface area contributed by atoms with Crippen LogP contribution >= 0.6 is 11.5 Å². The third-order valence-electron chi connectivity index (χ3n) is 0.552. The average molecular weight is 165 g/mol. The van der Waals surface area contributed by atoms with E-state index in [4.69, 9.17) is 4.55 Å². The van der Waals surface area contributed by atoms with E-state index in [1.54, 1.807) is 0 Å². The molecule has 0 aliphatic heterocycles. The van der Waals surface area contributed by atoms with Crippen LogP contribution in [-0.2, 0) is 11.3 Å². The zero-order chi connectivity index (χ0) is 6.69. The first-order valence-corrected chi connectivity index (χ1v) is 3.88. The summed E-state index contributed by atoms with van der Waals surface area (Å²) in [6.45, 7) is 0. The van der Waals surface area contributed by atoms with Gasteiger partial charge >= 0.3 is 0 Å². The van der Waals surface area contributed by atoms with Crippen molar-refractivity contribution < 1.29 is 8.76 Å². The molecule has 2 N–H and O–H groups in total. The Morgan fingerprint density at radius 1 is 1.89 bits per heavy atom. The van der Waals surface area contributed by atoms with Crippen molar-refractivity contribution in [3.8, 4) is 0 Å². The van der Waals surface area contributed by atoms with Crippen molar-refractivity contribution in [3.05, 3.63) is 5.38 Å². The second kappa shape index (κ2) is 2.85. The van der Waals surface area contributed by atoms with Gasteiger partial charge in [0, 0.05) is 0 Å². The molecule has 9 heavy (non-hydrogen) atoms. The van der Waals surface area contributed by atoms with Gasteiger partial charge < -0.3 is 0 Å². The van der Waals surface area contributed by atoms with Crippen LogP contribution in [0.1, 0.15) is 0 Å². The summed E-state index contributed by atoms with van der Waals surface area (Å²) in [5.74, 6) is 0.320. The van der Waals surface area contributed by atoms with E-state index < -0.39 is 11.3 Å². The van der Waals surface area contributed by atoms with Crippen molar-refractivity contribution >= 4 is 28.6 Å². The number of nitrogens with zero attached hydrogens (tertiary/aromatic N) is 2. The second-order valence-corrected chi connectivity index (χ2v) is 2.45. The van der Waals surface area contributed by atoms with Crippen molar-refractivity contribution in [3.63, 3.8) is 0 Å². The van der Waals surface area contributed by atoms with Crippen molar-refractivity contribution in [2.45, 2.75) is 0 Å². The summed E-state index contributed by atoms with van der Waals surface area (Å²) in [5.41, 5.74) is 0. The third-order valence-corrected chi connectivity index (χ3v) is 1.44. The molecule has 0 saturated heterocycles. The number of anilines is 1. The number of hydrogen-bond acceptors (Lipinski definition) is 4. The highest BCUT2D eigenvalue weighted by atomic mass is 32.2. The van der Waals surface area contributed by atoms with E-state index in [9.17, 15) is 4.21 Å². The molecule has 0 aromatic carbocycles. The summed E-state index contributed by atoms with van der Waals surface area (Å²) < 4.78 is 23.8. The molecule has 0 saturated carbocycles. The Bertz CT molecular complexity index is 198. The monoisotopic (exact) mass is 165 g/mol. The maximum atomic E-state index is 10.0. The Labute approximate surface area is 57.7 Å². The standard InChI is InChI=1S/C2H3N3O2S2/c6-9(7)4-2-1-8-5-3-2/h1,4H,(H,6,7). The minimum atomic E-state index is -2.04. The maximum Gasteiger partial charge on any atom is 0.260 e. The van der Waals surface area contributed by atoms with Crippen molar-refractivity contribution in [2.75, 3.05) is 4.72 Å². The van der Waals surface area contributed by atoms with Crippen molar-refractivity contribution in [1.82, 2.24) is 9.59 Å². The number of rotatable bonds is 2. The van der Waals surface area contributed by atoms with Gasteiger partial charge in [0.05, 0.1) is 5.38 Å². The van der Waals surface area contributed by atoms with Gasteiger partial charge in [-0.25, -0.2) is 4.21 Å². The molecule has 1 atom stereocenters. The summed E-state index contributed by atoms with van der Waals surface area (Å²) in [5, 5.41) is 5.00. The zero-order valence-corrected chi connectivity index (χ0v) is 5.78. The van der Waals surface area contributed by atoms with Crippen LogP contribution in [0.5, 0.6) is 0 Å². The van der Waals surface area contributed by atoms with E-state index in [1.807, 2.05) is 0 Å². The van der Waals surface area contributed by atoms with Gasteiger partial charge in [0.25, 0.3) is 11.3 Å². The largest absolute Gasteiger partial charge is 0.289 e. The van der Waals surface area contributed by atoms with Gasteiger partial charge in [-0.1, -0.05) is 4.49 Å². The normalized spacial score (nSPS) is 13.0. The average Bonchev–Trinajstić information content (AvgIpc) is 2.15. The molecule has 0 spiro atoms. The lowest BCUT2D eigenvalue weighted by Crippen LogP contribution is -2.01. The van der Waals surface area contributed by atoms with Crippen LogP contribution in [0.2, 0.25) is 0 Å². The summed E-state index contributed by atoms with van der Waals surface area (Å²) >= 11 is -0.928. The summed E-state index contributed by atoms with van der Waals surface area (Å²) in [7, 11) is 0. The van der Waals surface area contributed by atoms with E-state index in [-0.39, 0.29) is 0 Å². The van der Waals surface area contributed by atoms with Gasteiger partial charge in [-0.3, -0.25) is 9.27 Å². The summed E-state index contributed by atoms with van der Waals surface area (Å²) in [4.78, 5) is 0. The molecule has 0 radical (unpaired) electrons. The lowest BCUT2D eigenvalue weighted by Gasteiger charge is -1.89. The van der Waals surface area contributed by atoms with Crippen molar-refractivity contribution in [1.29, 1.82) is 0 Å². The number of nitrogens with one attached hydrogen (secondary N) is 1. The SMILES string of the molecule is O=S(O)Nc1csnn1. The molecule has 0 amide bonds. The third kappa shape index (κ3) is 2.04. The Morgan fingerprint density at radius 3 is 3.11 bits per heavy atom. The van der Waals surface area contributed by atoms with Crippen LogP contribution in [0.25, 0.3) is 0 Å². The molecule has 1 aromatic heterocycles. The van der Waals surface area contributed by atoms with E-state index in [1.165, 1.54) is 5.38 Å². The first kappa shape index (κ1) is 6.59. The predicted octanol–water partition coefficient (Wildman–Crippen LogP) is 0.0867. The molecule has 5 nitrogen and oxygen atoms in total. The predicted molar refractivity (Wildman–Crippen MR) is 34.3 cm³/mol. The minimum Gasteiger partial charge on any atom is -0.289 e. The fourth-order valence-corrected chi connectivity index (χ4v) is 1.04. The van der Waals surface area contributed by atoms with E-state index in [0.29, 0.717) is 5.82 Å². The fourth-order valence-electron chi connectivity index (χ4n) is 0.299. The minimum absolute atomic E-state index is 0.320. The van der Waals surface area contributed by atoms with Crippen LogP contribution in [0.15, 0.2) is 5.38 Å². The smallest absolute Gasteiger partial charge is 0.260 e. The molecule has 0 aliphatic carbocycles. The highest BCUT2D eigenvalue weighted by Gasteiger charge is 1.95. The molecule has 1 aromatic rings. The summed E-state index contributed by atoms with van der Waals surface area (Å²) in [6.07, 6.45) is 0. The first-order chi connectivity index (χ1) is 4.29. The molecular weight excluding hydrogens is 162 g/mol. The van der Waals surface area contributed by atoms with Crippen LogP contribution in [0.3, 0.4) is 0 Å².